The minimum absolute atomic E-state index is 0.200. The van der Waals surface area contributed by atoms with Crippen molar-refractivity contribution in [2.45, 2.75) is 6.92 Å². The second kappa shape index (κ2) is 4.87. The maximum Gasteiger partial charge on any atom is 0.335 e. The topological polar surface area (TPSA) is 59.4 Å². The fourth-order valence-electron chi connectivity index (χ4n) is 1.72. The van der Waals surface area contributed by atoms with Crippen LogP contribution in [0.25, 0.3) is 11.1 Å². The first-order valence-corrected chi connectivity index (χ1v) is 5.44. The quantitative estimate of drug-likeness (QED) is 0.900. The molecule has 0 saturated heterocycles. The number of ether oxygens (including phenoxy) is 1. The normalized spacial score (nSPS) is 10.1. The molecule has 0 unspecified atom stereocenters. The fourth-order valence-corrected chi connectivity index (χ4v) is 1.72. The largest absolute Gasteiger partial charge is 0.497 e. The van der Waals surface area contributed by atoms with Crippen LogP contribution in [0.5, 0.6) is 5.75 Å². The maximum atomic E-state index is 11.0. The van der Waals surface area contributed by atoms with E-state index >= 15 is 0 Å². The molecule has 0 aliphatic heterocycles. The number of hydrogen-bond acceptors (Lipinski definition) is 3. The molecule has 0 spiro atoms. The molecule has 2 rings (SSSR count). The van der Waals surface area contributed by atoms with Crippen LogP contribution in [0.3, 0.4) is 0 Å². The number of nitrogens with zero attached hydrogens (tertiary/aromatic N) is 1. The molecular formula is C14H13NO3. The molecule has 0 aliphatic carbocycles. The third-order valence-corrected chi connectivity index (χ3v) is 2.60. The summed E-state index contributed by atoms with van der Waals surface area (Å²) in [6, 6.07) is 6.85. The zero-order valence-electron chi connectivity index (χ0n) is 10.2. The lowest BCUT2D eigenvalue weighted by Crippen LogP contribution is -1.98. The fraction of sp³-hybridized carbons (Fsp3) is 0.143. The molecule has 4 heteroatoms. The molecule has 0 fully saturated rings. The number of aromatic nitrogens is 1. The van der Waals surface area contributed by atoms with Crippen molar-refractivity contribution in [3.8, 4) is 16.9 Å². The highest BCUT2D eigenvalue weighted by molar-refractivity contribution is 5.90. The van der Waals surface area contributed by atoms with E-state index in [0.29, 0.717) is 5.75 Å². The molecule has 1 heterocycles. The molecule has 2 aromatic rings. The van der Waals surface area contributed by atoms with Gasteiger partial charge in [-0.25, -0.2) is 4.79 Å². The summed E-state index contributed by atoms with van der Waals surface area (Å²) < 4.78 is 5.11. The van der Waals surface area contributed by atoms with Gasteiger partial charge >= 0.3 is 5.97 Å². The predicted octanol–water partition coefficient (Wildman–Crippen LogP) is 2.76. The highest BCUT2D eigenvalue weighted by atomic mass is 16.5. The Morgan fingerprint density at radius 3 is 2.56 bits per heavy atom. The average Bonchev–Trinajstić information content (AvgIpc) is 2.38. The van der Waals surface area contributed by atoms with Crippen molar-refractivity contribution in [2.75, 3.05) is 7.11 Å². The molecule has 0 atom stereocenters. The first-order chi connectivity index (χ1) is 8.60. The van der Waals surface area contributed by atoms with Crippen molar-refractivity contribution in [3.05, 3.63) is 47.8 Å². The lowest BCUT2D eigenvalue weighted by molar-refractivity contribution is 0.0696. The minimum Gasteiger partial charge on any atom is -0.497 e. The molecule has 0 bridgehead atoms. The van der Waals surface area contributed by atoms with Crippen LogP contribution in [0.2, 0.25) is 0 Å². The van der Waals surface area contributed by atoms with Gasteiger partial charge in [0.25, 0.3) is 0 Å². The summed E-state index contributed by atoms with van der Waals surface area (Å²) in [5.74, 6) is -0.456. The zero-order chi connectivity index (χ0) is 13.1. The number of aryl methyl sites for hydroxylation is 1. The summed E-state index contributed by atoms with van der Waals surface area (Å²) in [6.07, 6.45) is 3.45. The summed E-state index contributed by atoms with van der Waals surface area (Å²) >= 11 is 0. The number of pyridine rings is 1. The molecule has 1 aromatic carbocycles. The van der Waals surface area contributed by atoms with E-state index in [-0.39, 0.29) is 5.56 Å². The van der Waals surface area contributed by atoms with E-state index in [1.807, 2.05) is 13.0 Å². The number of carbonyl (C=O) groups is 1. The molecule has 4 nitrogen and oxygen atoms in total. The van der Waals surface area contributed by atoms with Crippen LogP contribution >= 0.6 is 0 Å². The van der Waals surface area contributed by atoms with Gasteiger partial charge in [0.2, 0.25) is 0 Å². The molecule has 0 aliphatic rings. The van der Waals surface area contributed by atoms with Gasteiger partial charge in [0.1, 0.15) is 5.75 Å². The minimum atomic E-state index is -0.976. The zero-order valence-corrected chi connectivity index (χ0v) is 10.2. The van der Waals surface area contributed by atoms with Crippen molar-refractivity contribution in [1.29, 1.82) is 0 Å². The van der Waals surface area contributed by atoms with Gasteiger partial charge in [-0.15, -0.1) is 0 Å². The van der Waals surface area contributed by atoms with E-state index in [1.165, 1.54) is 13.2 Å². The lowest BCUT2D eigenvalue weighted by Gasteiger charge is -2.07. The van der Waals surface area contributed by atoms with Crippen LogP contribution < -0.4 is 4.74 Å². The van der Waals surface area contributed by atoms with Gasteiger partial charge in [0.05, 0.1) is 12.7 Å². The number of hydrogen-bond donors (Lipinski definition) is 1. The van der Waals surface area contributed by atoms with Crippen molar-refractivity contribution in [3.63, 3.8) is 0 Å². The predicted molar refractivity (Wildman–Crippen MR) is 67.9 cm³/mol. The summed E-state index contributed by atoms with van der Waals surface area (Å²) in [5, 5.41) is 9.06. The number of rotatable bonds is 3. The van der Waals surface area contributed by atoms with Gasteiger partial charge in [-0.05, 0) is 42.3 Å². The number of carboxylic acids is 1. The number of aromatic carboxylic acids is 1. The molecule has 0 saturated carbocycles. The van der Waals surface area contributed by atoms with Crippen LogP contribution in [0.1, 0.15) is 15.9 Å². The monoisotopic (exact) mass is 243 g/mol. The summed E-state index contributed by atoms with van der Waals surface area (Å²) in [6.45, 7) is 1.94. The Hall–Kier alpha value is -2.36. The SMILES string of the molecule is COc1cc(C(=O)O)cc(-c2cncc(C)c2)c1. The van der Waals surface area contributed by atoms with Crippen LogP contribution in [-0.4, -0.2) is 23.2 Å². The van der Waals surface area contributed by atoms with Gasteiger partial charge in [-0.2, -0.15) is 0 Å². The van der Waals surface area contributed by atoms with Crippen molar-refractivity contribution >= 4 is 5.97 Å². The molecule has 0 radical (unpaired) electrons. The Kier molecular flexibility index (Phi) is 3.28. The van der Waals surface area contributed by atoms with E-state index < -0.39 is 5.97 Å². The van der Waals surface area contributed by atoms with E-state index in [0.717, 1.165) is 16.7 Å². The van der Waals surface area contributed by atoms with Crippen molar-refractivity contribution < 1.29 is 14.6 Å². The summed E-state index contributed by atoms with van der Waals surface area (Å²) in [7, 11) is 1.51. The highest BCUT2D eigenvalue weighted by Crippen LogP contribution is 2.26. The standard InChI is InChI=1S/C14H13NO3/c1-9-3-12(8-15-7-9)10-4-11(14(16)17)6-13(5-10)18-2/h3-8H,1-2H3,(H,16,17). The Bertz CT molecular complexity index is 593. The summed E-state index contributed by atoms with van der Waals surface area (Å²) in [5.41, 5.74) is 2.87. The van der Waals surface area contributed by atoms with Crippen LogP contribution in [0.15, 0.2) is 36.7 Å². The second-order valence-electron chi connectivity index (χ2n) is 4.01. The number of methoxy groups -OCH3 is 1. The first-order valence-electron chi connectivity index (χ1n) is 5.44. The van der Waals surface area contributed by atoms with Crippen molar-refractivity contribution in [1.82, 2.24) is 4.98 Å². The highest BCUT2D eigenvalue weighted by Gasteiger charge is 2.09. The molecule has 1 N–H and O–H groups in total. The van der Waals surface area contributed by atoms with E-state index in [2.05, 4.69) is 4.98 Å². The molecule has 92 valence electrons. The Morgan fingerprint density at radius 2 is 1.94 bits per heavy atom. The second-order valence-corrected chi connectivity index (χ2v) is 4.01. The molecule has 0 amide bonds. The van der Waals surface area contributed by atoms with E-state index in [1.54, 1.807) is 24.5 Å². The average molecular weight is 243 g/mol. The van der Waals surface area contributed by atoms with Crippen molar-refractivity contribution in [2.24, 2.45) is 0 Å². The molecule has 18 heavy (non-hydrogen) atoms. The van der Waals surface area contributed by atoms with Gasteiger partial charge < -0.3 is 9.84 Å². The Labute approximate surface area is 105 Å². The molecule has 1 aromatic heterocycles. The maximum absolute atomic E-state index is 11.0. The smallest absolute Gasteiger partial charge is 0.335 e. The Balaban J connectivity index is 2.56. The Morgan fingerprint density at radius 1 is 1.17 bits per heavy atom. The van der Waals surface area contributed by atoms with Crippen LogP contribution in [0, 0.1) is 6.92 Å². The van der Waals surface area contributed by atoms with Gasteiger partial charge in [-0.1, -0.05) is 0 Å². The summed E-state index contributed by atoms with van der Waals surface area (Å²) in [4.78, 5) is 15.2. The number of carboxylic acid groups (broad SMARTS) is 1. The van der Waals surface area contributed by atoms with Crippen LogP contribution in [0.4, 0.5) is 0 Å². The molecular weight excluding hydrogens is 230 g/mol. The van der Waals surface area contributed by atoms with Gasteiger partial charge in [0, 0.05) is 18.0 Å². The van der Waals surface area contributed by atoms with Crippen LogP contribution in [-0.2, 0) is 0 Å². The van der Waals surface area contributed by atoms with E-state index in [9.17, 15) is 4.79 Å². The third-order valence-electron chi connectivity index (χ3n) is 2.60. The third kappa shape index (κ3) is 2.48. The first kappa shape index (κ1) is 12.1. The van der Waals surface area contributed by atoms with E-state index in [4.69, 9.17) is 9.84 Å². The van der Waals surface area contributed by atoms with Gasteiger partial charge in [0.15, 0.2) is 0 Å². The van der Waals surface area contributed by atoms with Gasteiger partial charge in [-0.3, -0.25) is 4.98 Å². The lowest BCUT2D eigenvalue weighted by atomic mass is 10.0. The number of benzene rings is 1.